The average molecular weight is 316 g/mol. The average Bonchev–Trinajstić information content (AvgIpc) is 3.16. The van der Waals surface area contributed by atoms with Gasteiger partial charge in [-0.3, -0.25) is 9.59 Å². The van der Waals surface area contributed by atoms with Crippen LogP contribution in [-0.4, -0.2) is 35.6 Å². The van der Waals surface area contributed by atoms with Crippen LogP contribution < -0.4 is 10.2 Å². The molecule has 1 atom stereocenters. The standard InChI is InChI=1S/C18H24N2O3/c1-13-4-6-15(7-5-13)20-11-14(10-16(20)22)17(23)19-18(12-21)8-2-3-9-18/h4-7,14,21H,2-3,8-12H2,1H3,(H,19,23). The van der Waals surface area contributed by atoms with Crippen LogP contribution in [0.5, 0.6) is 0 Å². The number of hydrogen-bond acceptors (Lipinski definition) is 3. The summed E-state index contributed by atoms with van der Waals surface area (Å²) in [7, 11) is 0. The second-order valence-corrected chi connectivity index (χ2v) is 6.88. The maximum Gasteiger partial charge on any atom is 0.227 e. The van der Waals surface area contributed by atoms with Crippen LogP contribution in [0.2, 0.25) is 0 Å². The van der Waals surface area contributed by atoms with Crippen molar-refractivity contribution in [2.24, 2.45) is 5.92 Å². The van der Waals surface area contributed by atoms with Crippen molar-refractivity contribution in [3.05, 3.63) is 29.8 Å². The van der Waals surface area contributed by atoms with Gasteiger partial charge in [-0.2, -0.15) is 0 Å². The number of hydrogen-bond donors (Lipinski definition) is 2. The van der Waals surface area contributed by atoms with Gasteiger partial charge in [0.25, 0.3) is 0 Å². The molecule has 0 aromatic heterocycles. The second kappa shape index (κ2) is 6.32. The van der Waals surface area contributed by atoms with E-state index in [0.717, 1.165) is 36.9 Å². The number of aliphatic hydroxyl groups is 1. The molecule has 2 N–H and O–H groups in total. The Kier molecular flexibility index (Phi) is 4.39. The molecule has 1 heterocycles. The van der Waals surface area contributed by atoms with Gasteiger partial charge in [0, 0.05) is 18.7 Å². The maximum atomic E-state index is 12.5. The molecule has 1 saturated heterocycles. The molecule has 0 bridgehead atoms. The molecule has 5 heteroatoms. The Labute approximate surface area is 136 Å². The Morgan fingerprint density at radius 2 is 1.96 bits per heavy atom. The van der Waals surface area contributed by atoms with Crippen LogP contribution in [0.15, 0.2) is 24.3 Å². The van der Waals surface area contributed by atoms with Gasteiger partial charge in [0.1, 0.15) is 0 Å². The Hall–Kier alpha value is -1.88. The van der Waals surface area contributed by atoms with Crippen LogP contribution in [-0.2, 0) is 9.59 Å². The Morgan fingerprint density at radius 3 is 2.57 bits per heavy atom. The number of nitrogens with one attached hydrogen (secondary N) is 1. The highest BCUT2D eigenvalue weighted by atomic mass is 16.3. The molecule has 1 aromatic carbocycles. The number of carbonyl (C=O) groups excluding carboxylic acids is 2. The molecular weight excluding hydrogens is 292 g/mol. The summed E-state index contributed by atoms with van der Waals surface area (Å²) in [4.78, 5) is 26.5. The SMILES string of the molecule is Cc1ccc(N2CC(C(=O)NC3(CO)CCCC3)CC2=O)cc1. The highest BCUT2D eigenvalue weighted by Crippen LogP contribution is 2.31. The summed E-state index contributed by atoms with van der Waals surface area (Å²) in [6.07, 6.45) is 3.93. The lowest BCUT2D eigenvalue weighted by Gasteiger charge is -2.29. The fourth-order valence-electron chi connectivity index (χ4n) is 3.60. The van der Waals surface area contributed by atoms with Crippen LogP contribution >= 0.6 is 0 Å². The van der Waals surface area contributed by atoms with Crippen molar-refractivity contribution in [3.8, 4) is 0 Å². The third-order valence-corrected chi connectivity index (χ3v) is 5.09. The minimum absolute atomic E-state index is 0.0153. The first kappa shape index (κ1) is 16.0. The highest BCUT2D eigenvalue weighted by Gasteiger charge is 2.40. The summed E-state index contributed by atoms with van der Waals surface area (Å²) in [6.45, 7) is 2.39. The van der Waals surface area contributed by atoms with Crippen LogP contribution in [0.4, 0.5) is 5.69 Å². The summed E-state index contributed by atoms with van der Waals surface area (Å²) >= 11 is 0. The number of carbonyl (C=O) groups is 2. The van der Waals surface area contributed by atoms with E-state index < -0.39 is 5.54 Å². The molecule has 1 aromatic rings. The molecule has 2 aliphatic rings. The first-order chi connectivity index (χ1) is 11.0. The minimum atomic E-state index is -0.475. The van der Waals surface area contributed by atoms with Gasteiger partial charge in [-0.25, -0.2) is 0 Å². The van der Waals surface area contributed by atoms with Crippen LogP contribution in [0.3, 0.4) is 0 Å². The molecular formula is C18H24N2O3. The normalized spacial score (nSPS) is 23.3. The number of amides is 2. The molecule has 23 heavy (non-hydrogen) atoms. The smallest absolute Gasteiger partial charge is 0.227 e. The first-order valence-corrected chi connectivity index (χ1v) is 8.33. The van der Waals surface area contributed by atoms with E-state index in [4.69, 9.17) is 0 Å². The molecule has 2 amide bonds. The van der Waals surface area contributed by atoms with Gasteiger partial charge in [-0.15, -0.1) is 0 Å². The first-order valence-electron chi connectivity index (χ1n) is 8.33. The lowest BCUT2D eigenvalue weighted by molar-refractivity contribution is -0.128. The topological polar surface area (TPSA) is 69.6 Å². The lowest BCUT2D eigenvalue weighted by Crippen LogP contribution is -2.51. The molecule has 0 spiro atoms. The van der Waals surface area contributed by atoms with Crippen molar-refractivity contribution in [1.82, 2.24) is 5.32 Å². The molecule has 1 aliphatic carbocycles. The zero-order valence-corrected chi connectivity index (χ0v) is 13.5. The molecule has 2 fully saturated rings. The summed E-state index contributed by atoms with van der Waals surface area (Å²) < 4.78 is 0. The molecule has 1 saturated carbocycles. The number of nitrogens with zero attached hydrogens (tertiary/aromatic N) is 1. The van der Waals surface area contributed by atoms with Gasteiger partial charge in [0.05, 0.1) is 18.1 Å². The van der Waals surface area contributed by atoms with E-state index in [-0.39, 0.29) is 30.8 Å². The zero-order valence-electron chi connectivity index (χ0n) is 13.5. The van der Waals surface area contributed by atoms with Gasteiger partial charge < -0.3 is 15.3 Å². The molecule has 5 nitrogen and oxygen atoms in total. The van der Waals surface area contributed by atoms with Gasteiger partial charge in [-0.05, 0) is 31.9 Å². The van der Waals surface area contributed by atoms with Crippen molar-refractivity contribution in [1.29, 1.82) is 0 Å². The molecule has 124 valence electrons. The Bertz CT molecular complexity index is 591. The number of aliphatic hydroxyl groups excluding tert-OH is 1. The summed E-state index contributed by atoms with van der Waals surface area (Å²) in [6, 6.07) is 7.77. The third-order valence-electron chi connectivity index (χ3n) is 5.09. The minimum Gasteiger partial charge on any atom is -0.394 e. The highest BCUT2D eigenvalue weighted by molar-refractivity contribution is 6.00. The van der Waals surface area contributed by atoms with E-state index in [1.807, 2.05) is 31.2 Å². The van der Waals surface area contributed by atoms with Crippen molar-refractivity contribution >= 4 is 17.5 Å². The summed E-state index contributed by atoms with van der Waals surface area (Å²) in [5.41, 5.74) is 1.51. The molecule has 3 rings (SSSR count). The fourth-order valence-corrected chi connectivity index (χ4v) is 3.60. The number of aryl methyl sites for hydroxylation is 1. The van der Waals surface area contributed by atoms with Gasteiger partial charge in [0.15, 0.2) is 0 Å². The predicted molar refractivity (Wildman–Crippen MR) is 88.1 cm³/mol. The monoisotopic (exact) mass is 316 g/mol. The summed E-state index contributed by atoms with van der Waals surface area (Å²) in [5.74, 6) is -0.463. The van der Waals surface area contributed by atoms with E-state index >= 15 is 0 Å². The lowest BCUT2D eigenvalue weighted by atomic mass is 9.97. The number of benzene rings is 1. The molecule has 1 unspecified atom stereocenters. The van der Waals surface area contributed by atoms with Gasteiger partial charge in [0.2, 0.25) is 11.8 Å². The Balaban J connectivity index is 1.67. The van der Waals surface area contributed by atoms with Crippen LogP contribution in [0.1, 0.15) is 37.7 Å². The predicted octanol–water partition coefficient (Wildman–Crippen LogP) is 1.77. The van der Waals surface area contributed by atoms with E-state index in [2.05, 4.69) is 5.32 Å². The van der Waals surface area contributed by atoms with Crippen LogP contribution in [0, 0.1) is 12.8 Å². The van der Waals surface area contributed by atoms with Crippen molar-refractivity contribution < 1.29 is 14.7 Å². The van der Waals surface area contributed by atoms with E-state index in [9.17, 15) is 14.7 Å². The van der Waals surface area contributed by atoms with Crippen molar-refractivity contribution in [2.45, 2.75) is 44.6 Å². The largest absolute Gasteiger partial charge is 0.394 e. The van der Waals surface area contributed by atoms with Crippen molar-refractivity contribution in [3.63, 3.8) is 0 Å². The van der Waals surface area contributed by atoms with Crippen molar-refractivity contribution in [2.75, 3.05) is 18.1 Å². The third kappa shape index (κ3) is 3.24. The van der Waals surface area contributed by atoms with Gasteiger partial charge in [-0.1, -0.05) is 30.5 Å². The van der Waals surface area contributed by atoms with Gasteiger partial charge >= 0.3 is 0 Å². The quantitative estimate of drug-likeness (QED) is 0.889. The zero-order chi connectivity index (χ0) is 16.4. The fraction of sp³-hybridized carbons (Fsp3) is 0.556. The Morgan fingerprint density at radius 1 is 1.30 bits per heavy atom. The number of anilines is 1. The molecule has 1 aliphatic heterocycles. The molecule has 0 radical (unpaired) electrons. The summed E-state index contributed by atoms with van der Waals surface area (Å²) in [5, 5.41) is 12.6. The second-order valence-electron chi connectivity index (χ2n) is 6.88. The van der Waals surface area contributed by atoms with Crippen LogP contribution in [0.25, 0.3) is 0 Å². The van der Waals surface area contributed by atoms with E-state index in [1.165, 1.54) is 0 Å². The maximum absolute atomic E-state index is 12.5. The van der Waals surface area contributed by atoms with E-state index in [1.54, 1.807) is 4.90 Å². The number of rotatable bonds is 4. The van der Waals surface area contributed by atoms with E-state index in [0.29, 0.717) is 6.54 Å².